The maximum atomic E-state index is 14.6. The first-order valence-corrected chi connectivity index (χ1v) is 14.5. The number of nitrogens with one attached hydrogen (secondary N) is 1. The number of anilines is 1. The van der Waals surface area contributed by atoms with Gasteiger partial charge in [-0.25, -0.2) is 9.37 Å². The summed E-state index contributed by atoms with van der Waals surface area (Å²) in [6.45, 7) is 17.1. The molecule has 3 N–H and O–H groups in total. The number of hydrogen-bond acceptors (Lipinski definition) is 7. The topological polar surface area (TPSA) is 93.1 Å². The Hall–Kier alpha value is -3.01. The van der Waals surface area contributed by atoms with Crippen LogP contribution in [0.2, 0.25) is 5.02 Å². The number of aryl methyl sites for hydroxylation is 1. The number of aliphatic hydroxyl groups excluding tert-OH is 1. The number of nitrogens with zero attached hydrogens (tertiary/aromatic N) is 1. The maximum absolute atomic E-state index is 14.6. The Balaban J connectivity index is 0.00000198. The molecule has 2 aromatic carbocycles. The number of pyridine rings is 1. The summed E-state index contributed by atoms with van der Waals surface area (Å²) in [7, 11) is 0. The van der Waals surface area contributed by atoms with Gasteiger partial charge in [-0.2, -0.15) is 0 Å². The van der Waals surface area contributed by atoms with E-state index in [9.17, 15) is 14.6 Å². The van der Waals surface area contributed by atoms with Crippen molar-refractivity contribution in [1.82, 2.24) is 4.98 Å². The molecule has 226 valence electrons. The molecule has 4 atom stereocenters. The molecule has 0 spiro atoms. The van der Waals surface area contributed by atoms with Crippen molar-refractivity contribution in [3.63, 3.8) is 0 Å². The van der Waals surface area contributed by atoms with Gasteiger partial charge in [-0.15, -0.1) is 0 Å². The van der Waals surface area contributed by atoms with Crippen molar-refractivity contribution in [2.24, 2.45) is 0 Å². The molecule has 42 heavy (non-hydrogen) atoms. The van der Waals surface area contributed by atoms with Crippen LogP contribution in [0.1, 0.15) is 52.8 Å². The standard InChI is InChI=1S/C31H34ClFN2O5.C2H6/c1-17-25(35-18(2)40-27-16-39-30(5)26(36)15-38-31(27,30)6)14-23(32)28(34-17)20-9-7-19(8-10-20)21-11-12-22(24(33)13-21)29(3,4)37;1-2/h7-14,26-27,35-37H,2,15-16H2,1,3-6H3;1-2H3/t26?,27?,30-,31-;/m1./s1. The van der Waals surface area contributed by atoms with Gasteiger partial charge in [0, 0.05) is 11.1 Å². The Morgan fingerprint density at radius 1 is 1.05 bits per heavy atom. The maximum Gasteiger partial charge on any atom is 0.184 e. The van der Waals surface area contributed by atoms with Gasteiger partial charge in [0.05, 0.1) is 40.9 Å². The highest BCUT2D eigenvalue weighted by atomic mass is 35.5. The van der Waals surface area contributed by atoms with Crippen molar-refractivity contribution < 1.29 is 28.8 Å². The van der Waals surface area contributed by atoms with E-state index in [1.54, 1.807) is 32.0 Å². The third-order valence-corrected chi connectivity index (χ3v) is 8.44. The van der Waals surface area contributed by atoms with Gasteiger partial charge in [-0.3, -0.25) is 0 Å². The molecule has 7 nitrogen and oxygen atoms in total. The molecule has 5 rings (SSSR count). The predicted octanol–water partition coefficient (Wildman–Crippen LogP) is 6.98. The summed E-state index contributed by atoms with van der Waals surface area (Å²) in [6.07, 6.45) is -1.20. The lowest BCUT2D eigenvalue weighted by Gasteiger charge is -2.35. The molecular weight excluding hydrogens is 559 g/mol. The molecule has 0 saturated carbocycles. The molecule has 0 aliphatic carbocycles. The molecule has 0 radical (unpaired) electrons. The first-order chi connectivity index (χ1) is 19.7. The lowest BCUT2D eigenvalue weighted by atomic mass is 9.82. The lowest BCUT2D eigenvalue weighted by molar-refractivity contribution is -0.110. The van der Waals surface area contributed by atoms with Crippen molar-refractivity contribution in [1.29, 1.82) is 0 Å². The van der Waals surface area contributed by atoms with E-state index in [1.165, 1.54) is 6.07 Å². The zero-order valence-electron chi connectivity index (χ0n) is 25.2. The Morgan fingerprint density at radius 2 is 1.64 bits per heavy atom. The second kappa shape index (κ2) is 11.9. The summed E-state index contributed by atoms with van der Waals surface area (Å²) in [6, 6.07) is 14.1. The average Bonchev–Trinajstić information content (AvgIpc) is 3.33. The number of halogens is 2. The number of hydrogen-bond donors (Lipinski definition) is 3. The molecule has 2 fully saturated rings. The van der Waals surface area contributed by atoms with E-state index < -0.39 is 34.8 Å². The number of ether oxygens (including phenoxy) is 3. The second-order valence-electron chi connectivity index (χ2n) is 11.3. The van der Waals surface area contributed by atoms with Crippen LogP contribution in [0.25, 0.3) is 22.4 Å². The first-order valence-electron chi connectivity index (χ1n) is 14.1. The van der Waals surface area contributed by atoms with Crippen LogP contribution >= 0.6 is 11.6 Å². The quantitative estimate of drug-likeness (QED) is 0.253. The zero-order valence-corrected chi connectivity index (χ0v) is 26.0. The highest BCUT2D eigenvalue weighted by Crippen LogP contribution is 2.47. The first kappa shape index (κ1) is 31.9. The molecule has 3 heterocycles. The van der Waals surface area contributed by atoms with Gasteiger partial charge in [0.2, 0.25) is 0 Å². The molecule has 1 aromatic heterocycles. The minimum Gasteiger partial charge on any atom is -0.471 e. The summed E-state index contributed by atoms with van der Waals surface area (Å²) in [5.41, 5.74) is 1.56. The van der Waals surface area contributed by atoms with E-state index in [4.69, 9.17) is 30.8 Å². The van der Waals surface area contributed by atoms with Crippen LogP contribution < -0.4 is 5.32 Å². The van der Waals surface area contributed by atoms with Gasteiger partial charge in [-0.1, -0.05) is 61.8 Å². The minimum absolute atomic E-state index is 0.180. The van der Waals surface area contributed by atoms with Crippen LogP contribution in [0.15, 0.2) is 61.0 Å². The average molecular weight is 599 g/mol. The summed E-state index contributed by atoms with van der Waals surface area (Å²) in [5.74, 6) is -0.176. The normalized spacial score (nSPS) is 24.9. The third-order valence-electron chi connectivity index (χ3n) is 8.16. The zero-order chi connectivity index (χ0) is 31.0. The second-order valence-corrected chi connectivity index (χ2v) is 11.7. The minimum atomic E-state index is -1.26. The number of fused-ring (bicyclic) bond motifs is 1. The van der Waals surface area contributed by atoms with E-state index in [2.05, 4.69) is 11.9 Å². The molecule has 9 heteroatoms. The van der Waals surface area contributed by atoms with E-state index in [0.29, 0.717) is 27.7 Å². The Labute approximate surface area is 252 Å². The fourth-order valence-corrected chi connectivity index (χ4v) is 5.62. The Kier molecular flexibility index (Phi) is 9.07. The van der Waals surface area contributed by atoms with Crippen molar-refractivity contribution in [2.45, 2.75) is 77.5 Å². The van der Waals surface area contributed by atoms with Crippen LogP contribution in [0.4, 0.5) is 10.1 Å². The fourth-order valence-electron chi connectivity index (χ4n) is 5.36. The third kappa shape index (κ3) is 5.79. The van der Waals surface area contributed by atoms with Gasteiger partial charge in [0.15, 0.2) is 12.0 Å². The molecule has 0 bridgehead atoms. The predicted molar refractivity (Wildman–Crippen MR) is 164 cm³/mol. The molecule has 0 amide bonds. The molecular formula is C33H40ClFN2O5. The molecule has 2 saturated heterocycles. The van der Waals surface area contributed by atoms with Gasteiger partial charge < -0.3 is 29.7 Å². The smallest absolute Gasteiger partial charge is 0.184 e. The summed E-state index contributed by atoms with van der Waals surface area (Å²) in [4.78, 5) is 4.71. The van der Waals surface area contributed by atoms with E-state index in [-0.39, 0.29) is 24.7 Å². The largest absolute Gasteiger partial charge is 0.471 e. The Bertz CT molecular complexity index is 1460. The van der Waals surface area contributed by atoms with Crippen molar-refractivity contribution in [3.05, 3.63) is 83.1 Å². The number of rotatable bonds is 7. The molecule has 3 aromatic rings. The van der Waals surface area contributed by atoms with E-state index in [0.717, 1.165) is 11.1 Å². The molecule has 2 unspecified atom stereocenters. The number of aliphatic hydroxyl groups is 2. The van der Waals surface area contributed by atoms with Crippen molar-refractivity contribution >= 4 is 17.3 Å². The number of aromatic nitrogens is 1. The van der Waals surface area contributed by atoms with Crippen LogP contribution in [0.5, 0.6) is 0 Å². The number of benzene rings is 2. The van der Waals surface area contributed by atoms with E-state index >= 15 is 0 Å². The van der Waals surface area contributed by atoms with Gasteiger partial charge in [0.25, 0.3) is 0 Å². The molecule has 2 aliphatic heterocycles. The van der Waals surface area contributed by atoms with E-state index in [1.807, 2.05) is 58.9 Å². The van der Waals surface area contributed by atoms with Gasteiger partial charge in [-0.05, 0) is 64.5 Å². The summed E-state index contributed by atoms with van der Waals surface area (Å²) < 4.78 is 32.4. The highest BCUT2D eigenvalue weighted by Gasteiger charge is 2.66. The monoisotopic (exact) mass is 598 g/mol. The highest BCUT2D eigenvalue weighted by molar-refractivity contribution is 6.33. The van der Waals surface area contributed by atoms with Crippen molar-refractivity contribution in [2.75, 3.05) is 18.5 Å². The summed E-state index contributed by atoms with van der Waals surface area (Å²) >= 11 is 6.64. The lowest BCUT2D eigenvalue weighted by Crippen LogP contribution is -2.54. The van der Waals surface area contributed by atoms with Crippen molar-refractivity contribution in [3.8, 4) is 22.4 Å². The van der Waals surface area contributed by atoms with Gasteiger partial charge >= 0.3 is 0 Å². The molecule has 2 aliphatic rings. The van der Waals surface area contributed by atoms with Crippen LogP contribution in [0.3, 0.4) is 0 Å². The fraction of sp³-hybridized carbons (Fsp3) is 0.424. The SMILES string of the molecule is C=C(Nc1cc(Cl)c(-c2ccc(-c3ccc(C(C)(C)O)c(F)c3)cc2)nc1C)OC1CO[C@]2(C)C(O)CO[C@]12C.CC. The van der Waals surface area contributed by atoms with Crippen LogP contribution in [-0.2, 0) is 19.8 Å². The van der Waals surface area contributed by atoms with Gasteiger partial charge in [0.1, 0.15) is 23.1 Å². The van der Waals surface area contributed by atoms with Crippen LogP contribution in [0, 0.1) is 12.7 Å². The summed E-state index contributed by atoms with van der Waals surface area (Å²) in [5, 5.41) is 24.0. The Morgan fingerprint density at radius 3 is 2.26 bits per heavy atom. The van der Waals surface area contributed by atoms with Crippen LogP contribution in [-0.4, -0.2) is 51.8 Å².